The zero-order valence-corrected chi connectivity index (χ0v) is 10.1. The van der Waals surface area contributed by atoms with Crippen molar-refractivity contribution in [3.05, 3.63) is 22.5 Å². The molecule has 0 spiro atoms. The predicted molar refractivity (Wildman–Crippen MR) is 61.4 cm³/mol. The Bertz CT molecular complexity index is 630. The van der Waals surface area contributed by atoms with E-state index in [2.05, 4.69) is 0 Å². The molecule has 2 rings (SSSR count). The third-order valence-electron chi connectivity index (χ3n) is 2.49. The molecule has 0 aliphatic carbocycles. The summed E-state index contributed by atoms with van der Waals surface area (Å²) in [5.41, 5.74) is 5.23. The summed E-state index contributed by atoms with van der Waals surface area (Å²) in [5, 5.41) is -0.332. The number of aromatic nitrogens is 1. The molecule has 0 radical (unpaired) electrons. The SMILES string of the molecule is NC(=O)c1c(Cl)c(S(=O)(=O)O)c2n1CCC=C2. The van der Waals surface area contributed by atoms with Crippen molar-refractivity contribution in [3.63, 3.8) is 0 Å². The van der Waals surface area contributed by atoms with Crippen molar-refractivity contribution in [3.8, 4) is 0 Å². The van der Waals surface area contributed by atoms with E-state index in [1.54, 1.807) is 6.08 Å². The fourth-order valence-corrected chi connectivity index (χ4v) is 3.21. The molecule has 92 valence electrons. The predicted octanol–water partition coefficient (Wildman–Crippen LogP) is 0.904. The second-order valence-electron chi connectivity index (χ2n) is 3.56. The van der Waals surface area contributed by atoms with Gasteiger partial charge in [0, 0.05) is 6.54 Å². The third-order valence-corrected chi connectivity index (χ3v) is 3.90. The van der Waals surface area contributed by atoms with Crippen molar-refractivity contribution in [1.29, 1.82) is 0 Å². The number of primary amides is 1. The van der Waals surface area contributed by atoms with Crippen molar-refractivity contribution >= 4 is 33.7 Å². The average Bonchev–Trinajstić information content (AvgIpc) is 2.48. The zero-order chi connectivity index (χ0) is 12.8. The van der Waals surface area contributed by atoms with E-state index in [0.29, 0.717) is 13.0 Å². The van der Waals surface area contributed by atoms with Gasteiger partial charge in [-0.15, -0.1) is 0 Å². The lowest BCUT2D eigenvalue weighted by atomic mass is 10.2. The Balaban J connectivity index is 2.88. The molecular weight excluding hydrogens is 268 g/mol. The van der Waals surface area contributed by atoms with Gasteiger partial charge >= 0.3 is 0 Å². The van der Waals surface area contributed by atoms with Crippen LogP contribution in [0.2, 0.25) is 5.02 Å². The van der Waals surface area contributed by atoms with E-state index in [9.17, 15) is 13.2 Å². The molecule has 1 amide bonds. The zero-order valence-electron chi connectivity index (χ0n) is 8.55. The van der Waals surface area contributed by atoms with E-state index in [0.717, 1.165) is 0 Å². The minimum Gasteiger partial charge on any atom is -0.364 e. The summed E-state index contributed by atoms with van der Waals surface area (Å²) in [4.78, 5) is 10.8. The summed E-state index contributed by atoms with van der Waals surface area (Å²) in [7, 11) is -4.50. The number of nitrogens with two attached hydrogens (primary N) is 1. The minimum atomic E-state index is -4.50. The lowest BCUT2D eigenvalue weighted by Crippen LogP contribution is -2.18. The first kappa shape index (κ1) is 12.2. The second kappa shape index (κ2) is 3.86. The maximum atomic E-state index is 11.3. The van der Waals surface area contributed by atoms with Gasteiger partial charge in [-0.05, 0) is 12.5 Å². The normalized spacial score (nSPS) is 14.7. The third kappa shape index (κ3) is 1.86. The van der Waals surface area contributed by atoms with Crippen LogP contribution in [0.25, 0.3) is 6.08 Å². The standard InChI is InChI=1S/C9H9ClN2O4S/c10-6-7(9(11)13)12-4-2-1-3-5(12)8(6)17(14,15)16/h1,3H,2,4H2,(H2,11,13)(H,14,15,16). The number of hydrogen-bond acceptors (Lipinski definition) is 3. The largest absolute Gasteiger partial charge is 0.364 e. The van der Waals surface area contributed by atoms with Crippen LogP contribution in [0.15, 0.2) is 11.0 Å². The number of carbonyl (C=O) groups excluding carboxylic acids is 1. The molecule has 1 aromatic rings. The summed E-state index contributed by atoms with van der Waals surface area (Å²) < 4.78 is 33.0. The molecular formula is C9H9ClN2O4S. The summed E-state index contributed by atoms with van der Waals surface area (Å²) in [5.74, 6) is -0.832. The molecule has 1 aliphatic rings. The number of amides is 1. The maximum absolute atomic E-state index is 11.3. The summed E-state index contributed by atoms with van der Waals surface area (Å²) >= 11 is 5.80. The molecule has 17 heavy (non-hydrogen) atoms. The maximum Gasteiger partial charge on any atom is 0.298 e. The first-order valence-electron chi connectivity index (χ1n) is 4.70. The number of halogens is 1. The van der Waals surface area contributed by atoms with Gasteiger partial charge in [0.25, 0.3) is 16.0 Å². The van der Waals surface area contributed by atoms with Crippen LogP contribution in [0.1, 0.15) is 22.6 Å². The molecule has 0 atom stereocenters. The van der Waals surface area contributed by atoms with Gasteiger partial charge < -0.3 is 10.3 Å². The number of allylic oxidation sites excluding steroid dienone is 1. The molecule has 3 N–H and O–H groups in total. The Morgan fingerprint density at radius 1 is 1.53 bits per heavy atom. The van der Waals surface area contributed by atoms with Crippen molar-refractivity contribution in [2.75, 3.05) is 0 Å². The van der Waals surface area contributed by atoms with Crippen LogP contribution in [0.4, 0.5) is 0 Å². The number of nitrogens with zero attached hydrogens (tertiary/aromatic N) is 1. The molecule has 0 fully saturated rings. The van der Waals surface area contributed by atoms with Gasteiger partial charge in [0.05, 0.1) is 10.7 Å². The van der Waals surface area contributed by atoms with Gasteiger partial charge in [-0.3, -0.25) is 9.35 Å². The Hall–Kier alpha value is -1.31. The van der Waals surface area contributed by atoms with Crippen LogP contribution < -0.4 is 5.73 Å². The van der Waals surface area contributed by atoms with E-state index < -0.39 is 20.9 Å². The van der Waals surface area contributed by atoms with Crippen molar-refractivity contribution < 1.29 is 17.8 Å². The van der Waals surface area contributed by atoms with Gasteiger partial charge in [-0.2, -0.15) is 8.42 Å². The van der Waals surface area contributed by atoms with Gasteiger partial charge in [-0.1, -0.05) is 17.7 Å². The number of fused-ring (bicyclic) bond motifs is 1. The van der Waals surface area contributed by atoms with E-state index in [1.807, 2.05) is 0 Å². The number of carbonyl (C=O) groups is 1. The lowest BCUT2D eigenvalue weighted by molar-refractivity contribution is 0.0991. The summed E-state index contributed by atoms with van der Waals surface area (Å²) in [6.45, 7) is 0.388. The van der Waals surface area contributed by atoms with Gasteiger partial charge in [-0.25, -0.2) is 0 Å². The molecule has 2 heterocycles. The van der Waals surface area contributed by atoms with Crippen LogP contribution >= 0.6 is 11.6 Å². The van der Waals surface area contributed by atoms with Crippen LogP contribution in [0.3, 0.4) is 0 Å². The fraction of sp³-hybridized carbons (Fsp3) is 0.222. The van der Waals surface area contributed by atoms with Gasteiger partial charge in [0.15, 0.2) is 0 Å². The van der Waals surface area contributed by atoms with Crippen molar-refractivity contribution in [2.24, 2.45) is 5.73 Å². The highest BCUT2D eigenvalue weighted by molar-refractivity contribution is 7.86. The van der Waals surface area contributed by atoms with Gasteiger partial charge in [0.1, 0.15) is 10.6 Å². The molecule has 1 aromatic heterocycles. The molecule has 0 saturated heterocycles. The van der Waals surface area contributed by atoms with Crippen molar-refractivity contribution in [2.45, 2.75) is 17.9 Å². The van der Waals surface area contributed by atoms with E-state index in [4.69, 9.17) is 21.9 Å². The number of hydrogen-bond donors (Lipinski definition) is 2. The highest BCUT2D eigenvalue weighted by Gasteiger charge is 2.31. The molecule has 0 bridgehead atoms. The topological polar surface area (TPSA) is 102 Å². The Morgan fingerprint density at radius 2 is 2.18 bits per heavy atom. The monoisotopic (exact) mass is 276 g/mol. The van der Waals surface area contributed by atoms with E-state index in [1.165, 1.54) is 10.6 Å². The molecule has 8 heteroatoms. The Labute approximate surface area is 102 Å². The van der Waals surface area contributed by atoms with Crippen LogP contribution in [-0.2, 0) is 16.7 Å². The van der Waals surface area contributed by atoms with Crippen LogP contribution in [-0.4, -0.2) is 23.4 Å². The molecule has 6 nitrogen and oxygen atoms in total. The molecule has 0 unspecified atom stereocenters. The Kier molecular flexibility index (Phi) is 2.76. The van der Waals surface area contributed by atoms with E-state index >= 15 is 0 Å². The minimum absolute atomic E-state index is 0.0985. The first-order chi connectivity index (χ1) is 7.84. The number of rotatable bonds is 2. The Morgan fingerprint density at radius 3 is 2.71 bits per heavy atom. The van der Waals surface area contributed by atoms with Crippen LogP contribution in [0.5, 0.6) is 0 Å². The molecule has 1 aliphatic heterocycles. The molecule has 0 saturated carbocycles. The quantitative estimate of drug-likeness (QED) is 0.784. The highest BCUT2D eigenvalue weighted by atomic mass is 35.5. The smallest absolute Gasteiger partial charge is 0.298 e. The van der Waals surface area contributed by atoms with Crippen LogP contribution in [0, 0.1) is 0 Å². The van der Waals surface area contributed by atoms with Crippen molar-refractivity contribution in [1.82, 2.24) is 4.57 Å². The highest BCUT2D eigenvalue weighted by Crippen LogP contribution is 2.34. The summed E-state index contributed by atoms with van der Waals surface area (Å²) in [6.07, 6.45) is 3.85. The molecule has 0 aromatic carbocycles. The van der Waals surface area contributed by atoms with Gasteiger partial charge in [0.2, 0.25) is 0 Å². The summed E-state index contributed by atoms with van der Waals surface area (Å²) in [6, 6.07) is 0. The second-order valence-corrected chi connectivity index (χ2v) is 5.30. The lowest BCUT2D eigenvalue weighted by Gasteiger charge is -2.12. The fourth-order valence-electron chi connectivity index (χ4n) is 1.86. The first-order valence-corrected chi connectivity index (χ1v) is 6.51. The average molecular weight is 277 g/mol. The van der Waals surface area contributed by atoms with E-state index in [-0.39, 0.29) is 16.4 Å².